The summed E-state index contributed by atoms with van der Waals surface area (Å²) in [6.45, 7) is 13.7. The van der Waals surface area contributed by atoms with E-state index in [2.05, 4.69) is 19.2 Å². The molecule has 4 heteroatoms. The lowest BCUT2D eigenvalue weighted by Crippen LogP contribution is -2.59. The van der Waals surface area contributed by atoms with Crippen molar-refractivity contribution < 1.29 is 9.53 Å². The summed E-state index contributed by atoms with van der Waals surface area (Å²) >= 11 is 0. The molecule has 1 fully saturated rings. The molecule has 0 aromatic heterocycles. The van der Waals surface area contributed by atoms with E-state index in [4.69, 9.17) is 4.74 Å². The Bertz CT molecular complexity index is 271. The zero-order chi connectivity index (χ0) is 13.2. The topological polar surface area (TPSA) is 41.6 Å². The first kappa shape index (κ1) is 14.3. The van der Waals surface area contributed by atoms with Crippen LogP contribution in [0.5, 0.6) is 0 Å². The molecule has 0 spiro atoms. The van der Waals surface area contributed by atoms with Crippen LogP contribution in [0.25, 0.3) is 0 Å². The summed E-state index contributed by atoms with van der Waals surface area (Å²) in [5.41, 5.74) is -0.422. The summed E-state index contributed by atoms with van der Waals surface area (Å²) in [6, 6.07) is 0.554. The molecule has 17 heavy (non-hydrogen) atoms. The van der Waals surface area contributed by atoms with E-state index in [1.54, 1.807) is 0 Å². The number of ether oxygens (including phenoxy) is 1. The predicted molar refractivity (Wildman–Crippen MR) is 69.0 cm³/mol. The molecular weight excluding hydrogens is 216 g/mol. The number of nitrogens with one attached hydrogen (secondary N) is 1. The number of carbonyl (C=O) groups excluding carboxylic acids is 1. The highest BCUT2D eigenvalue weighted by atomic mass is 16.6. The van der Waals surface area contributed by atoms with Crippen molar-refractivity contribution in [2.45, 2.75) is 59.2 Å². The van der Waals surface area contributed by atoms with Crippen molar-refractivity contribution in [2.24, 2.45) is 5.92 Å². The Morgan fingerprint density at radius 2 is 2.00 bits per heavy atom. The van der Waals surface area contributed by atoms with Crippen LogP contribution in [0.4, 0.5) is 4.79 Å². The lowest BCUT2D eigenvalue weighted by atomic mass is 10.0. The second-order valence-electron chi connectivity index (χ2n) is 6.24. The van der Waals surface area contributed by atoms with Gasteiger partial charge < -0.3 is 15.0 Å². The zero-order valence-electron chi connectivity index (χ0n) is 11.9. The first-order valence-corrected chi connectivity index (χ1v) is 6.43. The highest BCUT2D eigenvalue weighted by molar-refractivity contribution is 5.68. The van der Waals surface area contributed by atoms with Gasteiger partial charge in [0.2, 0.25) is 0 Å². The SMILES string of the molecule is CC(C)C1CN(C(=O)OC(C)(C)C)C(C)CN1. The van der Waals surface area contributed by atoms with Crippen molar-refractivity contribution in [1.82, 2.24) is 10.2 Å². The third-order valence-electron chi connectivity index (χ3n) is 3.03. The molecule has 1 rings (SSSR count). The molecule has 2 unspecified atom stereocenters. The number of hydrogen-bond acceptors (Lipinski definition) is 3. The Labute approximate surface area is 105 Å². The summed E-state index contributed by atoms with van der Waals surface area (Å²) < 4.78 is 5.43. The molecule has 1 heterocycles. The lowest BCUT2D eigenvalue weighted by molar-refractivity contribution is 0.00752. The van der Waals surface area contributed by atoms with Crippen LogP contribution in [0.15, 0.2) is 0 Å². The quantitative estimate of drug-likeness (QED) is 0.766. The summed E-state index contributed by atoms with van der Waals surface area (Å²) in [4.78, 5) is 13.9. The fourth-order valence-corrected chi connectivity index (χ4v) is 1.91. The fraction of sp³-hybridized carbons (Fsp3) is 0.923. The number of piperazine rings is 1. The van der Waals surface area contributed by atoms with Crippen molar-refractivity contribution >= 4 is 6.09 Å². The molecule has 0 saturated carbocycles. The van der Waals surface area contributed by atoms with E-state index in [1.165, 1.54) is 0 Å². The van der Waals surface area contributed by atoms with Crippen LogP contribution in [0.2, 0.25) is 0 Å². The Hall–Kier alpha value is -0.770. The van der Waals surface area contributed by atoms with Gasteiger partial charge in [-0.3, -0.25) is 0 Å². The minimum atomic E-state index is -0.422. The Kier molecular flexibility index (Phi) is 4.42. The fourth-order valence-electron chi connectivity index (χ4n) is 1.91. The maximum Gasteiger partial charge on any atom is 0.410 e. The maximum absolute atomic E-state index is 12.1. The molecule has 1 aliphatic rings. The predicted octanol–water partition coefficient (Wildman–Crippen LogP) is 2.24. The molecule has 4 nitrogen and oxygen atoms in total. The van der Waals surface area contributed by atoms with Gasteiger partial charge in [-0.05, 0) is 33.6 Å². The van der Waals surface area contributed by atoms with Crippen molar-refractivity contribution in [3.05, 3.63) is 0 Å². The molecule has 0 aromatic rings. The van der Waals surface area contributed by atoms with Gasteiger partial charge >= 0.3 is 6.09 Å². The van der Waals surface area contributed by atoms with Crippen molar-refractivity contribution in [3.63, 3.8) is 0 Å². The van der Waals surface area contributed by atoms with E-state index in [9.17, 15) is 4.79 Å². The van der Waals surface area contributed by atoms with Gasteiger partial charge in [-0.15, -0.1) is 0 Å². The van der Waals surface area contributed by atoms with E-state index in [0.29, 0.717) is 12.0 Å². The van der Waals surface area contributed by atoms with Gasteiger partial charge in [0, 0.05) is 25.2 Å². The van der Waals surface area contributed by atoms with Crippen molar-refractivity contribution in [2.75, 3.05) is 13.1 Å². The second kappa shape index (κ2) is 5.25. The largest absolute Gasteiger partial charge is 0.444 e. The first-order valence-electron chi connectivity index (χ1n) is 6.43. The van der Waals surface area contributed by atoms with Crippen molar-refractivity contribution in [1.29, 1.82) is 0 Å². The molecule has 100 valence electrons. The number of rotatable bonds is 1. The van der Waals surface area contributed by atoms with Crippen LogP contribution in [-0.4, -0.2) is 41.8 Å². The molecule has 1 amide bonds. The molecule has 1 N–H and O–H groups in total. The van der Waals surface area contributed by atoms with E-state index in [-0.39, 0.29) is 12.1 Å². The first-order chi connectivity index (χ1) is 7.70. The van der Waals surface area contributed by atoms with Gasteiger partial charge in [0.05, 0.1) is 0 Å². The van der Waals surface area contributed by atoms with Crippen LogP contribution in [-0.2, 0) is 4.74 Å². The standard InChI is InChI=1S/C13H26N2O2/c1-9(2)11-8-15(10(3)7-14-11)12(16)17-13(4,5)6/h9-11,14H,7-8H2,1-6H3. The molecule has 0 aliphatic carbocycles. The van der Waals surface area contributed by atoms with E-state index in [1.807, 2.05) is 32.6 Å². The molecule has 1 aliphatic heterocycles. The lowest BCUT2D eigenvalue weighted by Gasteiger charge is -2.40. The summed E-state index contributed by atoms with van der Waals surface area (Å²) in [7, 11) is 0. The summed E-state index contributed by atoms with van der Waals surface area (Å²) in [6.07, 6.45) is -0.197. The maximum atomic E-state index is 12.1. The Morgan fingerprint density at radius 1 is 1.41 bits per heavy atom. The molecule has 0 aromatic carbocycles. The molecule has 0 radical (unpaired) electrons. The van der Waals surface area contributed by atoms with Crippen LogP contribution in [0, 0.1) is 5.92 Å². The van der Waals surface area contributed by atoms with Gasteiger partial charge in [-0.1, -0.05) is 13.8 Å². The number of amides is 1. The van der Waals surface area contributed by atoms with E-state index in [0.717, 1.165) is 13.1 Å². The average Bonchev–Trinajstić information content (AvgIpc) is 2.14. The van der Waals surface area contributed by atoms with Crippen LogP contribution >= 0.6 is 0 Å². The average molecular weight is 242 g/mol. The van der Waals surface area contributed by atoms with Gasteiger partial charge in [0.1, 0.15) is 5.60 Å². The highest BCUT2D eigenvalue weighted by Crippen LogP contribution is 2.17. The Morgan fingerprint density at radius 3 is 2.47 bits per heavy atom. The minimum absolute atomic E-state index is 0.194. The third-order valence-corrected chi connectivity index (χ3v) is 3.03. The second-order valence-corrected chi connectivity index (χ2v) is 6.24. The molecule has 2 atom stereocenters. The van der Waals surface area contributed by atoms with E-state index < -0.39 is 5.60 Å². The smallest absolute Gasteiger partial charge is 0.410 e. The molecular formula is C13H26N2O2. The number of nitrogens with zero attached hydrogens (tertiary/aromatic N) is 1. The molecule has 0 bridgehead atoms. The normalized spacial score (nSPS) is 26.2. The summed E-state index contributed by atoms with van der Waals surface area (Å²) in [5.74, 6) is 0.521. The van der Waals surface area contributed by atoms with Gasteiger partial charge in [-0.2, -0.15) is 0 Å². The van der Waals surface area contributed by atoms with Gasteiger partial charge in [0.25, 0.3) is 0 Å². The summed E-state index contributed by atoms with van der Waals surface area (Å²) in [5, 5.41) is 3.47. The van der Waals surface area contributed by atoms with Crippen LogP contribution in [0.1, 0.15) is 41.5 Å². The third kappa shape index (κ3) is 4.19. The highest BCUT2D eigenvalue weighted by Gasteiger charge is 2.32. The monoisotopic (exact) mass is 242 g/mol. The van der Waals surface area contributed by atoms with Crippen LogP contribution in [0.3, 0.4) is 0 Å². The molecule has 1 saturated heterocycles. The van der Waals surface area contributed by atoms with Crippen LogP contribution < -0.4 is 5.32 Å². The van der Waals surface area contributed by atoms with Gasteiger partial charge in [-0.25, -0.2) is 4.79 Å². The van der Waals surface area contributed by atoms with E-state index >= 15 is 0 Å². The van der Waals surface area contributed by atoms with Gasteiger partial charge in [0.15, 0.2) is 0 Å². The number of carbonyl (C=O) groups is 1. The van der Waals surface area contributed by atoms with Crippen molar-refractivity contribution in [3.8, 4) is 0 Å². The zero-order valence-corrected chi connectivity index (χ0v) is 11.9. The Balaban J connectivity index is 2.64. The number of hydrogen-bond donors (Lipinski definition) is 1. The minimum Gasteiger partial charge on any atom is -0.444 e.